The fourth-order valence-electron chi connectivity index (χ4n) is 6.86. The van der Waals surface area contributed by atoms with E-state index in [4.69, 9.17) is 14.7 Å². The summed E-state index contributed by atoms with van der Waals surface area (Å²) in [6, 6.07) is 18.2. The Morgan fingerprint density at radius 1 is 0.875 bits per heavy atom. The molecule has 48 heavy (non-hydrogen) atoms. The van der Waals surface area contributed by atoms with Crippen molar-refractivity contribution in [2.45, 2.75) is 64.1 Å². The van der Waals surface area contributed by atoms with Crippen LogP contribution in [0.4, 0.5) is 4.79 Å². The number of hydrogen-bond donors (Lipinski definition) is 4. The van der Waals surface area contributed by atoms with E-state index in [2.05, 4.69) is 80.2 Å². The van der Waals surface area contributed by atoms with Crippen LogP contribution in [0.15, 0.2) is 67.0 Å². The minimum atomic E-state index is -0.672. The van der Waals surface area contributed by atoms with Crippen LogP contribution in [0.5, 0.6) is 0 Å². The highest BCUT2D eigenvalue weighted by molar-refractivity contribution is 5.87. The third-order valence-corrected chi connectivity index (χ3v) is 9.57. The molecular formula is C37H42N8O3. The molecule has 3 atom stereocenters. The number of alkyl carbamates (subject to hydrolysis) is 1. The van der Waals surface area contributed by atoms with E-state index in [0.717, 1.165) is 88.6 Å². The number of methoxy groups -OCH3 is 1. The van der Waals surface area contributed by atoms with E-state index in [9.17, 15) is 9.59 Å². The van der Waals surface area contributed by atoms with Crippen LogP contribution in [0.1, 0.15) is 69.7 Å². The molecule has 2 aromatic carbocycles. The summed E-state index contributed by atoms with van der Waals surface area (Å²) in [5, 5.41) is 7.29. The molecule has 4 N–H and O–H groups in total. The predicted molar refractivity (Wildman–Crippen MR) is 185 cm³/mol. The van der Waals surface area contributed by atoms with Crippen molar-refractivity contribution in [1.29, 1.82) is 0 Å². The minimum absolute atomic E-state index is 0.0890. The topological polar surface area (TPSA) is 141 Å². The maximum atomic E-state index is 13.6. The Kier molecular flexibility index (Phi) is 8.94. The van der Waals surface area contributed by atoms with Crippen molar-refractivity contribution in [3.63, 3.8) is 0 Å². The Morgan fingerprint density at radius 3 is 2.35 bits per heavy atom. The van der Waals surface area contributed by atoms with Crippen molar-refractivity contribution >= 4 is 22.9 Å². The lowest BCUT2D eigenvalue weighted by molar-refractivity contribution is -0.138. The fourth-order valence-corrected chi connectivity index (χ4v) is 6.86. The summed E-state index contributed by atoms with van der Waals surface area (Å²) in [5.41, 5.74) is 6.84. The number of amides is 2. The maximum absolute atomic E-state index is 13.6. The van der Waals surface area contributed by atoms with Gasteiger partial charge in [-0.2, -0.15) is 0 Å². The highest BCUT2D eigenvalue weighted by atomic mass is 16.5. The van der Waals surface area contributed by atoms with Gasteiger partial charge in [0.25, 0.3) is 0 Å². The first kappa shape index (κ1) is 31.6. The van der Waals surface area contributed by atoms with Crippen molar-refractivity contribution in [2.24, 2.45) is 5.92 Å². The molecule has 5 heterocycles. The quantitative estimate of drug-likeness (QED) is 0.150. The van der Waals surface area contributed by atoms with Crippen LogP contribution in [0.3, 0.4) is 0 Å². The molecular weight excluding hydrogens is 604 g/mol. The van der Waals surface area contributed by atoms with E-state index < -0.39 is 12.1 Å². The normalized spacial score (nSPS) is 18.7. The monoisotopic (exact) mass is 646 g/mol. The summed E-state index contributed by atoms with van der Waals surface area (Å²) >= 11 is 0. The highest BCUT2D eigenvalue weighted by Crippen LogP contribution is 2.33. The van der Waals surface area contributed by atoms with Gasteiger partial charge in [-0.1, -0.05) is 50.2 Å². The molecule has 248 valence electrons. The third kappa shape index (κ3) is 6.42. The Morgan fingerprint density at radius 2 is 1.60 bits per heavy atom. The second kappa shape index (κ2) is 13.6. The van der Waals surface area contributed by atoms with Gasteiger partial charge in [-0.3, -0.25) is 4.79 Å². The van der Waals surface area contributed by atoms with Gasteiger partial charge in [-0.25, -0.2) is 19.7 Å². The molecule has 0 spiro atoms. The van der Waals surface area contributed by atoms with Crippen molar-refractivity contribution in [2.75, 3.05) is 20.2 Å². The van der Waals surface area contributed by atoms with Gasteiger partial charge in [0.2, 0.25) is 5.91 Å². The molecule has 0 bridgehead atoms. The van der Waals surface area contributed by atoms with E-state index in [1.807, 2.05) is 31.1 Å². The summed E-state index contributed by atoms with van der Waals surface area (Å²) in [6.45, 7) is 5.49. The summed E-state index contributed by atoms with van der Waals surface area (Å²) in [6.07, 6.45) is 8.14. The van der Waals surface area contributed by atoms with Crippen molar-refractivity contribution in [3.8, 4) is 33.8 Å². The number of aromatic amines is 2. The van der Waals surface area contributed by atoms with Gasteiger partial charge in [0.15, 0.2) is 0 Å². The number of ether oxygens (including phenoxy) is 1. The number of fused-ring (bicyclic) bond motifs is 1. The van der Waals surface area contributed by atoms with Crippen molar-refractivity contribution < 1.29 is 14.3 Å². The third-order valence-electron chi connectivity index (χ3n) is 9.57. The van der Waals surface area contributed by atoms with Gasteiger partial charge in [0.05, 0.1) is 54.2 Å². The Balaban J connectivity index is 1.06. The van der Waals surface area contributed by atoms with E-state index in [-0.39, 0.29) is 17.9 Å². The Labute approximate surface area is 279 Å². The van der Waals surface area contributed by atoms with Gasteiger partial charge in [-0.05, 0) is 68.3 Å². The van der Waals surface area contributed by atoms with E-state index in [1.54, 1.807) is 0 Å². The molecule has 11 heteroatoms. The number of rotatable bonds is 8. The lowest BCUT2D eigenvalue weighted by Crippen LogP contribution is -2.53. The molecule has 2 fully saturated rings. The molecule has 3 aromatic heterocycles. The lowest BCUT2D eigenvalue weighted by Gasteiger charge is -2.37. The average Bonchev–Trinajstić information content (AvgIpc) is 3.92. The van der Waals surface area contributed by atoms with Crippen molar-refractivity contribution in [1.82, 2.24) is 40.5 Å². The van der Waals surface area contributed by atoms with Crippen LogP contribution in [-0.4, -0.2) is 68.1 Å². The van der Waals surface area contributed by atoms with Crippen LogP contribution < -0.4 is 10.6 Å². The fraction of sp³-hybridized carbons (Fsp3) is 0.378. The second-order valence-electron chi connectivity index (χ2n) is 13.1. The molecule has 0 aliphatic carbocycles. The number of hydrogen-bond acceptors (Lipinski definition) is 7. The molecule has 7 rings (SSSR count). The molecule has 2 aliphatic rings. The molecule has 5 aromatic rings. The number of nitrogens with one attached hydrogen (secondary N) is 4. The van der Waals surface area contributed by atoms with Gasteiger partial charge < -0.3 is 30.2 Å². The molecule has 0 unspecified atom stereocenters. The largest absolute Gasteiger partial charge is 0.453 e. The predicted octanol–water partition coefficient (Wildman–Crippen LogP) is 6.54. The first-order chi connectivity index (χ1) is 23.4. The number of H-pyrrole nitrogens is 2. The number of nitrogens with zero attached hydrogens (tertiary/aromatic N) is 4. The van der Waals surface area contributed by atoms with E-state index in [1.165, 1.54) is 13.5 Å². The zero-order chi connectivity index (χ0) is 33.2. The molecule has 0 radical (unpaired) electrons. The van der Waals surface area contributed by atoms with Gasteiger partial charge in [0.1, 0.15) is 17.7 Å². The highest BCUT2D eigenvalue weighted by Gasteiger charge is 2.36. The van der Waals surface area contributed by atoms with Crippen LogP contribution in [-0.2, 0) is 9.53 Å². The number of carbonyl (C=O) groups excluding carboxylic acids is 2. The van der Waals surface area contributed by atoms with Crippen LogP contribution >= 0.6 is 0 Å². The number of aromatic nitrogens is 5. The number of benzene rings is 2. The smallest absolute Gasteiger partial charge is 0.407 e. The Hall–Kier alpha value is -5.03. The summed E-state index contributed by atoms with van der Waals surface area (Å²) in [7, 11) is 1.30. The summed E-state index contributed by atoms with van der Waals surface area (Å²) in [4.78, 5) is 48.7. The van der Waals surface area contributed by atoms with Gasteiger partial charge in [-0.15, -0.1) is 0 Å². The van der Waals surface area contributed by atoms with Crippen LogP contribution in [0.25, 0.3) is 44.7 Å². The molecule has 0 saturated carbocycles. The molecule has 2 amide bonds. The van der Waals surface area contributed by atoms with E-state index >= 15 is 0 Å². The minimum Gasteiger partial charge on any atom is -0.453 e. The molecule has 2 aliphatic heterocycles. The second-order valence-corrected chi connectivity index (χ2v) is 13.1. The standard InChI is InChI=1S/C37H42N8O3/c1-22(2)33(44-37(47)48-3)36(46)45-18-5-4-8-32(45)35-40-20-30(43-35)24-11-9-23(10-12-24)27-15-13-25-19-26(14-16-28(25)41-27)31-21-39-34(42-31)29-7-6-17-38-29/h9-16,19-22,29,32-33,38H,4-8,17-18H2,1-3H3,(H,39,42)(H,40,43)(H,44,47)/t29-,32-,33-/m0/s1. The number of imidazole rings is 2. The average molecular weight is 647 g/mol. The first-order valence-electron chi connectivity index (χ1n) is 16.9. The molecule has 2 saturated heterocycles. The van der Waals surface area contributed by atoms with Gasteiger partial charge >= 0.3 is 6.09 Å². The lowest BCUT2D eigenvalue weighted by atomic mass is 9.97. The Bertz CT molecular complexity index is 1910. The van der Waals surface area contributed by atoms with Crippen LogP contribution in [0.2, 0.25) is 0 Å². The maximum Gasteiger partial charge on any atom is 0.407 e. The number of piperidine rings is 1. The number of pyridine rings is 1. The first-order valence-corrected chi connectivity index (χ1v) is 16.9. The molecule has 11 nitrogen and oxygen atoms in total. The van der Waals surface area contributed by atoms with Crippen molar-refractivity contribution in [3.05, 3.63) is 78.6 Å². The summed E-state index contributed by atoms with van der Waals surface area (Å²) < 4.78 is 4.77. The number of likely N-dealkylation sites (tertiary alicyclic amines) is 1. The van der Waals surface area contributed by atoms with E-state index in [0.29, 0.717) is 12.6 Å². The number of carbonyl (C=O) groups is 2. The zero-order valence-electron chi connectivity index (χ0n) is 27.6. The SMILES string of the molecule is COC(=O)N[C@H](C(=O)N1CCCC[C@H]1c1ncc(-c2ccc(-c3ccc4cc(-c5cnc([C@@H]6CCCN6)[nH]5)ccc4n3)cc2)[nH]1)C(C)C. The summed E-state index contributed by atoms with van der Waals surface area (Å²) in [5.74, 6) is 1.55. The zero-order valence-corrected chi connectivity index (χ0v) is 27.6. The van der Waals surface area contributed by atoms with Crippen LogP contribution in [0, 0.1) is 5.92 Å². The van der Waals surface area contributed by atoms with Gasteiger partial charge in [0, 0.05) is 23.1 Å².